The Kier molecular flexibility index (Phi) is 7.45. The van der Waals surface area contributed by atoms with Crippen LogP contribution >= 0.6 is 0 Å². The third-order valence-electron chi connectivity index (χ3n) is 5.89. The van der Waals surface area contributed by atoms with Crippen molar-refractivity contribution in [2.24, 2.45) is 5.92 Å². The van der Waals surface area contributed by atoms with E-state index >= 15 is 0 Å². The minimum atomic E-state index is -0.620. The Labute approximate surface area is 204 Å². The molecule has 0 spiro atoms. The molecule has 0 radical (unpaired) electrons. The largest absolute Gasteiger partial charge is 0.457 e. The number of nitrogens with one attached hydrogen (secondary N) is 1. The summed E-state index contributed by atoms with van der Waals surface area (Å²) in [6.07, 6.45) is 0.0441. The van der Waals surface area contributed by atoms with E-state index in [1.807, 2.05) is 68.4 Å². The highest BCUT2D eigenvalue weighted by Gasteiger charge is 2.36. The van der Waals surface area contributed by atoms with Crippen LogP contribution in [-0.4, -0.2) is 30.9 Å². The molecule has 0 bridgehead atoms. The van der Waals surface area contributed by atoms with Crippen molar-refractivity contribution >= 4 is 23.5 Å². The van der Waals surface area contributed by atoms with Gasteiger partial charge in [0.05, 0.1) is 12.0 Å². The lowest BCUT2D eigenvalue weighted by atomic mass is 10.1. The number of amides is 2. The summed E-state index contributed by atoms with van der Waals surface area (Å²) in [4.78, 5) is 38.8. The Balaban J connectivity index is 1.27. The lowest BCUT2D eigenvalue weighted by Crippen LogP contribution is -2.32. The highest BCUT2D eigenvalue weighted by Crippen LogP contribution is 2.29. The second kappa shape index (κ2) is 10.9. The predicted octanol–water partition coefficient (Wildman–Crippen LogP) is 4.56. The Morgan fingerprint density at radius 3 is 2.26 bits per heavy atom. The van der Waals surface area contributed by atoms with E-state index in [1.165, 1.54) is 0 Å². The first-order valence-corrected chi connectivity index (χ1v) is 11.5. The summed E-state index contributed by atoms with van der Waals surface area (Å²) in [5.74, 6) is -0.351. The fourth-order valence-corrected chi connectivity index (χ4v) is 3.91. The van der Waals surface area contributed by atoms with Gasteiger partial charge < -0.3 is 19.7 Å². The van der Waals surface area contributed by atoms with Gasteiger partial charge in [0, 0.05) is 18.7 Å². The number of hydrogen-bond donors (Lipinski definition) is 1. The number of rotatable bonds is 8. The molecule has 1 saturated heterocycles. The number of benzene rings is 3. The second-order valence-electron chi connectivity index (χ2n) is 8.62. The molecule has 3 aromatic carbocycles. The Morgan fingerprint density at radius 1 is 0.971 bits per heavy atom. The standard InChI is InChI=1S/C28H28N2O5/c1-19-8-12-24(13-9-19)35-25-14-10-23(11-15-25)30-17-22(16-27(30)32)28(33)34-18-26(31)29-20(2)21-6-4-3-5-7-21/h3-15,20,22H,16-18H2,1-2H3,(H,29,31)/t20-,22+/m0/s1. The van der Waals surface area contributed by atoms with Gasteiger partial charge in [0.25, 0.3) is 5.91 Å². The van der Waals surface area contributed by atoms with Gasteiger partial charge in [-0.1, -0.05) is 48.0 Å². The van der Waals surface area contributed by atoms with Crippen LogP contribution in [0, 0.1) is 12.8 Å². The lowest BCUT2D eigenvalue weighted by Gasteiger charge is -2.17. The first-order valence-electron chi connectivity index (χ1n) is 11.5. The zero-order valence-electron chi connectivity index (χ0n) is 19.8. The van der Waals surface area contributed by atoms with Crippen LogP contribution in [0.5, 0.6) is 11.5 Å². The van der Waals surface area contributed by atoms with E-state index in [0.717, 1.165) is 16.9 Å². The molecule has 7 nitrogen and oxygen atoms in total. The van der Waals surface area contributed by atoms with Gasteiger partial charge in [0.15, 0.2) is 6.61 Å². The maximum absolute atomic E-state index is 12.5. The van der Waals surface area contributed by atoms with Crippen molar-refractivity contribution < 1.29 is 23.9 Å². The number of carbonyl (C=O) groups is 3. The maximum atomic E-state index is 12.5. The number of esters is 1. The molecule has 35 heavy (non-hydrogen) atoms. The third-order valence-corrected chi connectivity index (χ3v) is 5.89. The van der Waals surface area contributed by atoms with Crippen LogP contribution in [-0.2, 0) is 19.1 Å². The molecule has 1 N–H and O–H groups in total. The van der Waals surface area contributed by atoms with Crippen LogP contribution in [0.4, 0.5) is 5.69 Å². The average molecular weight is 473 g/mol. The monoisotopic (exact) mass is 472 g/mol. The Hall–Kier alpha value is -4.13. The van der Waals surface area contributed by atoms with Crippen LogP contribution in [0.1, 0.15) is 30.5 Å². The predicted molar refractivity (Wildman–Crippen MR) is 132 cm³/mol. The summed E-state index contributed by atoms with van der Waals surface area (Å²) in [6.45, 7) is 3.69. The number of hydrogen-bond acceptors (Lipinski definition) is 5. The molecule has 1 heterocycles. The molecule has 0 saturated carbocycles. The van der Waals surface area contributed by atoms with Gasteiger partial charge in [0.1, 0.15) is 11.5 Å². The number of aryl methyl sites for hydroxylation is 1. The van der Waals surface area contributed by atoms with Crippen molar-refractivity contribution in [1.29, 1.82) is 0 Å². The normalized spacial score (nSPS) is 16.0. The molecule has 1 fully saturated rings. The molecule has 4 rings (SSSR count). The van der Waals surface area contributed by atoms with Gasteiger partial charge in [-0.25, -0.2) is 0 Å². The van der Waals surface area contributed by atoms with Crippen molar-refractivity contribution in [2.45, 2.75) is 26.3 Å². The summed E-state index contributed by atoms with van der Waals surface area (Å²) < 4.78 is 11.0. The minimum absolute atomic E-state index is 0.0441. The van der Waals surface area contributed by atoms with Gasteiger partial charge in [-0.2, -0.15) is 0 Å². The number of anilines is 1. The molecule has 0 aliphatic carbocycles. The van der Waals surface area contributed by atoms with Gasteiger partial charge in [-0.15, -0.1) is 0 Å². The van der Waals surface area contributed by atoms with E-state index in [-0.39, 0.29) is 37.4 Å². The SMILES string of the molecule is Cc1ccc(Oc2ccc(N3C[C@H](C(=O)OCC(=O)N[C@@H](C)c4ccccc4)CC3=O)cc2)cc1. The second-order valence-corrected chi connectivity index (χ2v) is 8.62. The number of ether oxygens (including phenoxy) is 2. The molecule has 2 amide bonds. The zero-order chi connectivity index (χ0) is 24.8. The summed E-state index contributed by atoms with van der Waals surface area (Å²) in [5, 5.41) is 2.81. The lowest BCUT2D eigenvalue weighted by molar-refractivity contribution is -0.152. The van der Waals surface area contributed by atoms with Crippen molar-refractivity contribution in [3.8, 4) is 11.5 Å². The smallest absolute Gasteiger partial charge is 0.311 e. The molecule has 2 atom stereocenters. The topological polar surface area (TPSA) is 84.9 Å². The number of carbonyl (C=O) groups excluding carboxylic acids is 3. The van der Waals surface area contributed by atoms with E-state index in [1.54, 1.807) is 29.2 Å². The summed E-state index contributed by atoms with van der Waals surface area (Å²) in [7, 11) is 0. The Bertz CT molecular complexity index is 1180. The highest BCUT2D eigenvalue weighted by molar-refractivity contribution is 5.99. The fourth-order valence-electron chi connectivity index (χ4n) is 3.91. The molecule has 0 unspecified atom stereocenters. The molecule has 1 aliphatic heterocycles. The van der Waals surface area contributed by atoms with Crippen molar-refractivity contribution in [3.63, 3.8) is 0 Å². The summed E-state index contributed by atoms with van der Waals surface area (Å²) >= 11 is 0. The molecular weight excluding hydrogens is 444 g/mol. The van der Waals surface area contributed by atoms with Crippen LogP contribution in [0.3, 0.4) is 0 Å². The van der Waals surface area contributed by atoms with Crippen LogP contribution < -0.4 is 15.0 Å². The van der Waals surface area contributed by atoms with Crippen LogP contribution in [0.25, 0.3) is 0 Å². The van der Waals surface area contributed by atoms with E-state index in [2.05, 4.69) is 5.32 Å². The number of nitrogens with zero attached hydrogens (tertiary/aromatic N) is 1. The third kappa shape index (κ3) is 6.26. The van der Waals surface area contributed by atoms with E-state index in [9.17, 15) is 14.4 Å². The minimum Gasteiger partial charge on any atom is -0.457 e. The van der Waals surface area contributed by atoms with E-state index in [4.69, 9.17) is 9.47 Å². The van der Waals surface area contributed by atoms with E-state index < -0.39 is 11.9 Å². The summed E-state index contributed by atoms with van der Waals surface area (Å²) in [6, 6.07) is 24.2. The molecule has 7 heteroatoms. The highest BCUT2D eigenvalue weighted by atomic mass is 16.5. The van der Waals surface area contributed by atoms with Crippen molar-refractivity contribution in [2.75, 3.05) is 18.1 Å². The first-order chi connectivity index (χ1) is 16.9. The molecule has 0 aromatic heterocycles. The first kappa shape index (κ1) is 24.0. The summed E-state index contributed by atoms with van der Waals surface area (Å²) in [5.41, 5.74) is 2.78. The van der Waals surface area contributed by atoms with Gasteiger partial charge in [-0.3, -0.25) is 14.4 Å². The fraction of sp³-hybridized carbons (Fsp3) is 0.250. The van der Waals surface area contributed by atoms with Crippen LogP contribution in [0.15, 0.2) is 78.9 Å². The van der Waals surface area contributed by atoms with Gasteiger partial charge >= 0.3 is 5.97 Å². The van der Waals surface area contributed by atoms with Crippen LogP contribution in [0.2, 0.25) is 0 Å². The molecule has 1 aliphatic rings. The quantitative estimate of drug-likeness (QED) is 0.486. The molecular formula is C28H28N2O5. The average Bonchev–Trinajstić information content (AvgIpc) is 3.26. The molecule has 3 aromatic rings. The Morgan fingerprint density at radius 2 is 1.60 bits per heavy atom. The van der Waals surface area contributed by atoms with Crippen molar-refractivity contribution in [1.82, 2.24) is 5.32 Å². The van der Waals surface area contributed by atoms with Gasteiger partial charge in [0.2, 0.25) is 5.91 Å². The van der Waals surface area contributed by atoms with Crippen molar-refractivity contribution in [3.05, 3.63) is 90.0 Å². The molecule has 180 valence electrons. The maximum Gasteiger partial charge on any atom is 0.311 e. The zero-order valence-corrected chi connectivity index (χ0v) is 19.8. The van der Waals surface area contributed by atoms with Gasteiger partial charge in [-0.05, 0) is 55.8 Å². The van der Waals surface area contributed by atoms with E-state index in [0.29, 0.717) is 11.4 Å².